The van der Waals surface area contributed by atoms with Gasteiger partial charge in [0.1, 0.15) is 23.0 Å². The van der Waals surface area contributed by atoms with Gasteiger partial charge in [-0.1, -0.05) is 0 Å². The van der Waals surface area contributed by atoms with E-state index in [1.54, 1.807) is 18.1 Å². The first kappa shape index (κ1) is 27.2. The fourth-order valence-electron chi connectivity index (χ4n) is 4.02. The third-order valence-electron chi connectivity index (χ3n) is 5.90. The summed E-state index contributed by atoms with van der Waals surface area (Å²) in [4.78, 5) is 32.2. The Bertz CT molecular complexity index is 1730. The molecular formula is C24H19F5N8O2. The maximum atomic E-state index is 15.0. The molecule has 39 heavy (non-hydrogen) atoms. The zero-order chi connectivity index (χ0) is 28.5. The number of hydrogen-bond acceptors (Lipinski definition) is 8. The Kier molecular flexibility index (Phi) is 7.30. The number of nitriles is 1. The molecule has 1 aromatic carbocycles. The Labute approximate surface area is 215 Å². The van der Waals surface area contributed by atoms with Gasteiger partial charge in [-0.2, -0.15) is 23.5 Å². The number of aromatic amines is 1. The lowest BCUT2D eigenvalue weighted by molar-refractivity contribution is -0.138. The van der Waals surface area contributed by atoms with Crippen LogP contribution in [-0.2, 0) is 12.7 Å². The van der Waals surface area contributed by atoms with E-state index in [0.717, 1.165) is 17.0 Å². The van der Waals surface area contributed by atoms with Gasteiger partial charge in [-0.25, -0.2) is 23.8 Å². The topological polar surface area (TPSA) is 155 Å². The highest BCUT2D eigenvalue weighted by Crippen LogP contribution is 2.32. The van der Waals surface area contributed by atoms with Crippen molar-refractivity contribution >= 4 is 22.3 Å². The highest BCUT2D eigenvalue weighted by molar-refractivity contribution is 5.86. The first-order valence-electron chi connectivity index (χ1n) is 11.4. The fourth-order valence-corrected chi connectivity index (χ4v) is 4.02. The van der Waals surface area contributed by atoms with Crippen molar-refractivity contribution in [3.63, 3.8) is 0 Å². The monoisotopic (exact) mass is 546 g/mol. The first-order valence-corrected chi connectivity index (χ1v) is 11.4. The molecule has 3 heterocycles. The van der Waals surface area contributed by atoms with E-state index in [1.165, 1.54) is 18.3 Å². The second-order valence-electron chi connectivity index (χ2n) is 8.61. The van der Waals surface area contributed by atoms with E-state index in [9.17, 15) is 27.2 Å². The van der Waals surface area contributed by atoms with Crippen LogP contribution in [-0.4, -0.2) is 30.8 Å². The second-order valence-corrected chi connectivity index (χ2v) is 8.61. The number of rotatable bonds is 7. The molecule has 4 aromatic rings. The van der Waals surface area contributed by atoms with Gasteiger partial charge in [0.15, 0.2) is 17.5 Å². The van der Waals surface area contributed by atoms with E-state index in [2.05, 4.69) is 20.4 Å². The number of H-pyrrole nitrogens is 1. The zero-order valence-electron chi connectivity index (χ0n) is 20.1. The average molecular weight is 546 g/mol. The van der Waals surface area contributed by atoms with E-state index >= 15 is 4.39 Å². The van der Waals surface area contributed by atoms with E-state index < -0.39 is 51.6 Å². The number of halogens is 5. The highest BCUT2D eigenvalue weighted by atomic mass is 19.4. The van der Waals surface area contributed by atoms with Crippen molar-refractivity contribution in [3.05, 3.63) is 74.2 Å². The third-order valence-corrected chi connectivity index (χ3v) is 5.90. The lowest BCUT2D eigenvalue weighted by atomic mass is 10.1. The maximum Gasteiger partial charge on any atom is 0.423 e. The summed E-state index contributed by atoms with van der Waals surface area (Å²) >= 11 is 0. The molecule has 4 N–H and O–H groups in total. The minimum Gasteiger partial charge on any atom is -0.382 e. The van der Waals surface area contributed by atoms with E-state index in [4.69, 9.17) is 11.0 Å². The molecule has 0 fully saturated rings. The van der Waals surface area contributed by atoms with Crippen LogP contribution < -0.4 is 22.2 Å². The summed E-state index contributed by atoms with van der Waals surface area (Å²) in [5, 5.41) is 16.3. The molecule has 0 aliphatic rings. The molecule has 0 unspecified atom stereocenters. The van der Waals surface area contributed by atoms with Gasteiger partial charge in [0.25, 0.3) is 11.1 Å². The molecule has 0 aliphatic carbocycles. The Morgan fingerprint density at radius 2 is 1.97 bits per heavy atom. The first-order chi connectivity index (χ1) is 18.4. The molecule has 10 nitrogen and oxygen atoms in total. The number of nitrogens with two attached hydrogens (primary N) is 1. The summed E-state index contributed by atoms with van der Waals surface area (Å²) < 4.78 is 70.8. The highest BCUT2D eigenvalue weighted by Gasteiger charge is 2.37. The molecular weight excluding hydrogens is 527 g/mol. The average Bonchev–Trinajstić information content (AvgIpc) is 2.86. The Hall–Kier alpha value is -4.87. The van der Waals surface area contributed by atoms with Crippen LogP contribution in [0.1, 0.15) is 30.9 Å². The van der Waals surface area contributed by atoms with E-state index in [-0.39, 0.29) is 47.5 Å². The molecule has 0 bridgehead atoms. The Morgan fingerprint density at radius 3 is 2.64 bits per heavy atom. The van der Waals surface area contributed by atoms with Crippen LogP contribution in [0.15, 0.2) is 40.3 Å². The summed E-state index contributed by atoms with van der Waals surface area (Å²) in [7, 11) is 0. The number of anilines is 2. The number of hydrogen-bond donors (Lipinski definition) is 3. The van der Waals surface area contributed by atoms with Gasteiger partial charge < -0.3 is 15.6 Å². The largest absolute Gasteiger partial charge is 0.423 e. The predicted octanol–water partition coefficient (Wildman–Crippen LogP) is 3.57. The number of aryl methyl sites for hydroxylation is 1. The third kappa shape index (κ3) is 5.40. The minimum absolute atomic E-state index is 0.0392. The van der Waals surface area contributed by atoms with Crippen molar-refractivity contribution in [1.29, 1.82) is 5.26 Å². The van der Waals surface area contributed by atoms with Crippen LogP contribution in [0.3, 0.4) is 0 Å². The van der Waals surface area contributed by atoms with Gasteiger partial charge in [-0.15, -0.1) is 0 Å². The van der Waals surface area contributed by atoms with Crippen LogP contribution in [0, 0.1) is 23.0 Å². The molecule has 202 valence electrons. The summed E-state index contributed by atoms with van der Waals surface area (Å²) in [6.45, 7) is 1.64. The SMILES string of the molecule is C[C@@H](CCCn1ccc2cc(-c3ncc(C#N)c(N)n3)c(F)c(F)c2c1=O)Nc1cn[nH]c(=O)c1C(F)(F)F. The van der Waals surface area contributed by atoms with Gasteiger partial charge in [0.05, 0.1) is 29.0 Å². The summed E-state index contributed by atoms with van der Waals surface area (Å²) in [6.07, 6.45) is -1.05. The van der Waals surface area contributed by atoms with E-state index in [0.29, 0.717) is 0 Å². The van der Waals surface area contributed by atoms with Gasteiger partial charge >= 0.3 is 6.18 Å². The fraction of sp³-hybridized carbons (Fsp3) is 0.250. The lowest BCUT2D eigenvalue weighted by Gasteiger charge is -2.18. The number of benzene rings is 1. The van der Waals surface area contributed by atoms with Crippen molar-refractivity contribution < 1.29 is 22.0 Å². The number of nitrogens with zero attached hydrogens (tertiary/aromatic N) is 5. The molecule has 0 saturated carbocycles. The molecule has 0 amide bonds. The Balaban J connectivity index is 1.53. The maximum absolute atomic E-state index is 15.0. The molecule has 0 spiro atoms. The molecule has 0 aliphatic heterocycles. The number of aromatic nitrogens is 5. The minimum atomic E-state index is -4.89. The quantitative estimate of drug-likeness (QED) is 0.297. The molecule has 1 atom stereocenters. The molecule has 0 radical (unpaired) electrons. The van der Waals surface area contributed by atoms with Crippen molar-refractivity contribution in [3.8, 4) is 17.5 Å². The van der Waals surface area contributed by atoms with Crippen LogP contribution >= 0.6 is 0 Å². The number of alkyl halides is 3. The van der Waals surface area contributed by atoms with Crippen LogP contribution in [0.5, 0.6) is 0 Å². The number of nitrogens with one attached hydrogen (secondary N) is 2. The lowest BCUT2D eigenvalue weighted by Crippen LogP contribution is -2.27. The molecule has 3 aromatic heterocycles. The van der Waals surface area contributed by atoms with Crippen molar-refractivity contribution in [2.45, 2.75) is 38.5 Å². The number of fused-ring (bicyclic) bond motifs is 1. The van der Waals surface area contributed by atoms with Gasteiger partial charge in [-0.3, -0.25) is 9.59 Å². The number of nitrogen functional groups attached to an aromatic ring is 1. The Morgan fingerprint density at radius 1 is 1.23 bits per heavy atom. The summed E-state index contributed by atoms with van der Waals surface area (Å²) in [6, 6.07) is 3.80. The molecule has 15 heteroatoms. The smallest absolute Gasteiger partial charge is 0.382 e. The summed E-state index contributed by atoms with van der Waals surface area (Å²) in [5.74, 6) is -3.26. The van der Waals surface area contributed by atoms with Crippen molar-refractivity contribution in [2.24, 2.45) is 0 Å². The van der Waals surface area contributed by atoms with Gasteiger partial charge in [0.2, 0.25) is 0 Å². The standard InChI is InChI=1S/C24H19F5N8O2/c1-11(34-15-10-33-36-22(38)17(15)24(27,28)29)3-2-5-37-6-4-12-7-14(18(25)19(26)16(12)23(37)39)21-32-9-13(8-30)20(31)35-21/h4,6-7,9-11H,2-3,5H2,1H3,(H2,31,32,35)(H2,34,36,38)/t11-/m0/s1. The van der Waals surface area contributed by atoms with Crippen LogP contribution in [0.2, 0.25) is 0 Å². The van der Waals surface area contributed by atoms with Gasteiger partial charge in [0, 0.05) is 18.8 Å². The van der Waals surface area contributed by atoms with Crippen molar-refractivity contribution in [2.75, 3.05) is 11.1 Å². The number of pyridine rings is 1. The van der Waals surface area contributed by atoms with Crippen LogP contribution in [0.25, 0.3) is 22.2 Å². The predicted molar refractivity (Wildman–Crippen MR) is 130 cm³/mol. The van der Waals surface area contributed by atoms with Crippen molar-refractivity contribution in [1.82, 2.24) is 24.7 Å². The summed E-state index contributed by atoms with van der Waals surface area (Å²) in [5.41, 5.74) is 1.18. The molecule has 4 rings (SSSR count). The normalized spacial score (nSPS) is 12.3. The van der Waals surface area contributed by atoms with Gasteiger partial charge in [-0.05, 0) is 37.3 Å². The second kappa shape index (κ2) is 10.5. The van der Waals surface area contributed by atoms with Crippen LogP contribution in [0.4, 0.5) is 33.5 Å². The molecule has 0 saturated heterocycles. The van der Waals surface area contributed by atoms with E-state index in [1.807, 2.05) is 0 Å². The zero-order valence-corrected chi connectivity index (χ0v) is 20.1.